The Morgan fingerprint density at radius 2 is 0.929 bits per heavy atom. The van der Waals surface area contributed by atoms with E-state index in [4.69, 9.17) is 4.74 Å². The van der Waals surface area contributed by atoms with Gasteiger partial charge in [-0.1, -0.05) is 102 Å². The maximum absolute atomic E-state index is 7.00. The van der Waals surface area contributed by atoms with Crippen molar-refractivity contribution in [1.29, 1.82) is 0 Å². The Morgan fingerprint density at radius 1 is 0.393 bits per heavy atom. The first-order valence-corrected chi connectivity index (χ1v) is 21.0. The molecule has 0 radical (unpaired) electrons. The van der Waals surface area contributed by atoms with Gasteiger partial charge in [0.25, 0.3) is 6.71 Å². The Kier molecular flexibility index (Phi) is 5.86. The van der Waals surface area contributed by atoms with Crippen molar-refractivity contribution < 1.29 is 4.74 Å². The summed E-state index contributed by atoms with van der Waals surface area (Å²) < 4.78 is 7.00. The van der Waals surface area contributed by atoms with Gasteiger partial charge < -0.3 is 14.5 Å². The van der Waals surface area contributed by atoms with Crippen molar-refractivity contribution >= 4 is 104 Å². The Hall–Kier alpha value is -6.01. The zero-order valence-electron chi connectivity index (χ0n) is 30.0. The van der Waals surface area contributed by atoms with Crippen LogP contribution in [0.3, 0.4) is 0 Å². The molecular weight excluding hydrogens is 718 g/mol. The van der Waals surface area contributed by atoms with Crippen molar-refractivity contribution in [2.75, 3.05) is 9.80 Å². The van der Waals surface area contributed by atoms with E-state index in [-0.39, 0.29) is 13.4 Å². The van der Waals surface area contributed by atoms with Gasteiger partial charge in [-0.05, 0) is 141 Å². The topological polar surface area (TPSA) is 15.7 Å². The van der Waals surface area contributed by atoms with Gasteiger partial charge in [0.1, 0.15) is 11.5 Å². The summed E-state index contributed by atoms with van der Waals surface area (Å²) in [6.07, 6.45) is 0.922. The van der Waals surface area contributed by atoms with Gasteiger partial charge in [-0.15, -0.1) is 0 Å². The number of ether oxygens (including phenoxy) is 1. The molecule has 0 fully saturated rings. The van der Waals surface area contributed by atoms with Crippen LogP contribution >= 0.6 is 23.5 Å². The van der Waals surface area contributed by atoms with E-state index in [1.165, 1.54) is 109 Å². The Balaban J connectivity index is 0.938. The molecule has 6 aliphatic heterocycles. The molecule has 0 unspecified atom stereocenters. The van der Waals surface area contributed by atoms with Gasteiger partial charge in [-0.2, -0.15) is 0 Å². The van der Waals surface area contributed by atoms with Crippen LogP contribution in [0, 0.1) is 0 Å². The molecule has 14 rings (SSSR count). The number of rotatable bonds is 3. The molecule has 0 spiro atoms. The van der Waals surface area contributed by atoms with Crippen molar-refractivity contribution in [1.82, 2.24) is 0 Å². The molecule has 7 heteroatoms. The second-order valence-corrected chi connectivity index (χ2v) is 17.7. The molecule has 56 heavy (non-hydrogen) atoms. The third-order valence-corrected chi connectivity index (χ3v) is 15.0. The van der Waals surface area contributed by atoms with Crippen LogP contribution < -0.4 is 47.3 Å². The van der Waals surface area contributed by atoms with E-state index in [9.17, 15) is 0 Å². The number of hydrogen-bond donors (Lipinski definition) is 0. The lowest BCUT2D eigenvalue weighted by atomic mass is 9.31. The van der Waals surface area contributed by atoms with Gasteiger partial charge in [0, 0.05) is 53.7 Å². The number of para-hydroxylation sites is 2. The molecule has 0 saturated carbocycles. The minimum absolute atomic E-state index is 0.125. The molecule has 6 heterocycles. The fraction of sp³-hybridized carbons (Fsp3) is 0.0204. The quantitative estimate of drug-likeness (QED) is 0.168. The largest absolute Gasteiger partial charge is 0.458 e. The molecule has 0 amide bonds. The Bertz CT molecular complexity index is 2710. The summed E-state index contributed by atoms with van der Waals surface area (Å²) in [7, 11) is 0. The van der Waals surface area contributed by atoms with E-state index in [0.717, 1.165) is 17.9 Å². The average Bonchev–Trinajstić information content (AvgIpc) is 3.24. The summed E-state index contributed by atoms with van der Waals surface area (Å²) in [6, 6.07) is 58.6. The zero-order chi connectivity index (χ0) is 36.2. The molecule has 0 aliphatic carbocycles. The van der Waals surface area contributed by atoms with Crippen molar-refractivity contribution in [2.24, 2.45) is 0 Å². The molecule has 258 valence electrons. The van der Waals surface area contributed by atoms with Gasteiger partial charge in [0.2, 0.25) is 6.71 Å². The highest BCUT2D eigenvalue weighted by Gasteiger charge is 2.48. The predicted molar refractivity (Wildman–Crippen MR) is 235 cm³/mol. The SMILES string of the molecule is c1ccc(N2c3cccc4c3B3c5c(cc(-c6cc7c8c(c6)Sc6cccc9c6B8c6c(cccc6N9c6ccccc6)O7)cc5Sc5cccc2c53)C4)cc1. The third-order valence-electron chi connectivity index (χ3n) is 12.7. The normalized spacial score (nSPS) is 14.9. The van der Waals surface area contributed by atoms with Gasteiger partial charge in [0.05, 0.1) is 0 Å². The predicted octanol–water partition coefficient (Wildman–Crippen LogP) is 8.89. The molecule has 0 N–H and O–H groups in total. The third kappa shape index (κ3) is 3.85. The van der Waals surface area contributed by atoms with Crippen LogP contribution in [0.1, 0.15) is 11.1 Å². The standard InChI is InChI=1S/C49H28B2N2OS2/c1-3-12-32(13-4-1)52-34-16-7-11-28-23-31-24-29(26-42-45(31)50(44(28)34)47-36(52)18-9-21-40(47)55-42)30-25-39-49-43(27-30)56-41-22-10-19-37-48(41)51(49)46-35(17-8-20-38(46)54-39)53(37)33-14-5-2-6-15-33/h1-22,24-27H,23H2. The molecule has 0 saturated heterocycles. The Labute approximate surface area is 334 Å². The van der Waals surface area contributed by atoms with Gasteiger partial charge in [0.15, 0.2) is 0 Å². The number of nitrogens with zero attached hydrogens (tertiary/aromatic N) is 2. The van der Waals surface area contributed by atoms with Crippen molar-refractivity contribution in [3.8, 4) is 22.6 Å². The highest BCUT2D eigenvalue weighted by Crippen LogP contribution is 2.49. The van der Waals surface area contributed by atoms with E-state index in [0.29, 0.717) is 0 Å². The number of anilines is 6. The van der Waals surface area contributed by atoms with Crippen LogP contribution in [-0.4, -0.2) is 13.4 Å². The summed E-state index contributed by atoms with van der Waals surface area (Å²) in [5.41, 5.74) is 21.1. The van der Waals surface area contributed by atoms with Crippen LogP contribution in [-0.2, 0) is 6.42 Å². The minimum Gasteiger partial charge on any atom is -0.458 e. The molecule has 0 bridgehead atoms. The molecule has 8 aromatic rings. The van der Waals surface area contributed by atoms with Crippen LogP contribution in [0.15, 0.2) is 177 Å². The van der Waals surface area contributed by atoms with Crippen molar-refractivity contribution in [3.63, 3.8) is 0 Å². The van der Waals surface area contributed by atoms with Crippen molar-refractivity contribution in [2.45, 2.75) is 26.0 Å². The molecule has 0 aromatic heterocycles. The van der Waals surface area contributed by atoms with E-state index in [2.05, 4.69) is 168 Å². The zero-order valence-corrected chi connectivity index (χ0v) is 31.6. The van der Waals surface area contributed by atoms with E-state index < -0.39 is 0 Å². The highest BCUT2D eigenvalue weighted by molar-refractivity contribution is 8.00. The van der Waals surface area contributed by atoms with Crippen LogP contribution in [0.4, 0.5) is 34.1 Å². The lowest BCUT2D eigenvalue weighted by Crippen LogP contribution is -2.63. The highest BCUT2D eigenvalue weighted by atomic mass is 32.2. The summed E-state index contributed by atoms with van der Waals surface area (Å²) in [4.78, 5) is 10.3. The Morgan fingerprint density at radius 3 is 1.59 bits per heavy atom. The lowest BCUT2D eigenvalue weighted by molar-refractivity contribution is 0.486. The minimum atomic E-state index is 0.125. The summed E-state index contributed by atoms with van der Waals surface area (Å²) >= 11 is 3.84. The van der Waals surface area contributed by atoms with Crippen LogP contribution in [0.25, 0.3) is 11.1 Å². The lowest BCUT2D eigenvalue weighted by Gasteiger charge is -2.43. The van der Waals surface area contributed by atoms with Gasteiger partial charge >= 0.3 is 0 Å². The van der Waals surface area contributed by atoms with Gasteiger partial charge in [-0.25, -0.2) is 0 Å². The maximum Gasteiger partial charge on any atom is 0.259 e. The monoisotopic (exact) mass is 746 g/mol. The first-order chi connectivity index (χ1) is 27.8. The maximum atomic E-state index is 7.00. The van der Waals surface area contributed by atoms with E-state index >= 15 is 0 Å². The second-order valence-electron chi connectivity index (χ2n) is 15.5. The average molecular weight is 747 g/mol. The molecule has 3 nitrogen and oxygen atoms in total. The first kappa shape index (κ1) is 30.2. The smallest absolute Gasteiger partial charge is 0.259 e. The summed E-state index contributed by atoms with van der Waals surface area (Å²) in [5.74, 6) is 1.93. The molecule has 6 aliphatic rings. The number of benzene rings is 8. The van der Waals surface area contributed by atoms with Crippen molar-refractivity contribution in [3.05, 3.63) is 169 Å². The molecule has 0 atom stereocenters. The van der Waals surface area contributed by atoms with E-state index in [1.807, 2.05) is 23.5 Å². The van der Waals surface area contributed by atoms with Crippen LogP contribution in [0.2, 0.25) is 0 Å². The fourth-order valence-corrected chi connectivity index (χ4v) is 13.1. The summed E-state index contributed by atoms with van der Waals surface area (Å²) in [5, 5.41) is 0. The molecule has 8 aromatic carbocycles. The first-order valence-electron chi connectivity index (χ1n) is 19.4. The fourth-order valence-electron chi connectivity index (χ4n) is 10.6. The van der Waals surface area contributed by atoms with Crippen LogP contribution in [0.5, 0.6) is 11.5 Å². The van der Waals surface area contributed by atoms with E-state index in [1.54, 1.807) is 0 Å². The second kappa shape index (κ2) is 10.8. The summed E-state index contributed by atoms with van der Waals surface area (Å²) in [6.45, 7) is 0.350. The van der Waals surface area contributed by atoms with Gasteiger partial charge in [-0.3, -0.25) is 0 Å². The number of hydrogen-bond acceptors (Lipinski definition) is 5. The molecular formula is C49H28B2N2OS2.